The quantitative estimate of drug-likeness (QED) is 0.618. The molecule has 0 radical (unpaired) electrons. The first kappa shape index (κ1) is 13.6. The highest BCUT2D eigenvalue weighted by Gasteiger charge is 2.18. The van der Waals surface area contributed by atoms with Crippen LogP contribution in [0.15, 0.2) is 43.0 Å². The van der Waals surface area contributed by atoms with E-state index in [0.717, 1.165) is 6.20 Å². The fourth-order valence-electron chi connectivity index (χ4n) is 2.63. The molecule has 0 saturated heterocycles. The van der Waals surface area contributed by atoms with Crippen molar-refractivity contribution in [2.75, 3.05) is 0 Å². The van der Waals surface area contributed by atoms with E-state index in [9.17, 15) is 8.78 Å². The molecular formula is C16H11F2N5. The summed E-state index contributed by atoms with van der Waals surface area (Å²) in [6.45, 7) is 0. The van der Waals surface area contributed by atoms with E-state index in [0.29, 0.717) is 33.5 Å². The van der Waals surface area contributed by atoms with Crippen molar-refractivity contribution < 1.29 is 8.78 Å². The summed E-state index contributed by atoms with van der Waals surface area (Å²) in [4.78, 5) is 11.0. The van der Waals surface area contributed by atoms with E-state index in [1.165, 1.54) is 12.3 Å². The van der Waals surface area contributed by atoms with Crippen LogP contribution in [0.3, 0.4) is 0 Å². The van der Waals surface area contributed by atoms with Gasteiger partial charge in [-0.25, -0.2) is 13.8 Å². The molecule has 0 unspecified atom stereocenters. The molecule has 114 valence electrons. The fourth-order valence-corrected chi connectivity index (χ4v) is 2.63. The first-order valence-corrected chi connectivity index (χ1v) is 6.91. The average molecular weight is 311 g/mol. The minimum absolute atomic E-state index is 0.384. The Morgan fingerprint density at radius 3 is 2.74 bits per heavy atom. The number of aryl methyl sites for hydroxylation is 1. The number of rotatable bonds is 2. The Balaban J connectivity index is 1.99. The molecule has 0 bridgehead atoms. The molecule has 0 spiro atoms. The lowest BCUT2D eigenvalue weighted by Gasteiger charge is -2.04. The van der Waals surface area contributed by atoms with Crippen LogP contribution in [0.25, 0.3) is 33.5 Å². The van der Waals surface area contributed by atoms with E-state index in [1.807, 2.05) is 0 Å². The maximum absolute atomic E-state index is 14.1. The third-order valence-electron chi connectivity index (χ3n) is 3.61. The van der Waals surface area contributed by atoms with Gasteiger partial charge in [-0.3, -0.25) is 9.67 Å². The number of H-pyrrole nitrogens is 1. The Labute approximate surface area is 129 Å². The number of halogens is 2. The van der Waals surface area contributed by atoms with Gasteiger partial charge in [0.2, 0.25) is 0 Å². The minimum Gasteiger partial charge on any atom is -0.343 e. The Kier molecular flexibility index (Phi) is 2.94. The summed E-state index contributed by atoms with van der Waals surface area (Å²) in [6, 6.07) is 4.59. The van der Waals surface area contributed by atoms with Crippen LogP contribution in [-0.2, 0) is 7.05 Å². The zero-order chi connectivity index (χ0) is 16.0. The Bertz CT molecular complexity index is 1000. The molecule has 7 heteroatoms. The number of aromatic amines is 1. The number of nitrogens with zero attached hydrogens (tertiary/aromatic N) is 4. The van der Waals surface area contributed by atoms with Gasteiger partial charge in [-0.15, -0.1) is 0 Å². The number of hydrogen-bond donors (Lipinski definition) is 1. The molecule has 0 aliphatic heterocycles. The lowest BCUT2D eigenvalue weighted by atomic mass is 10.0. The molecule has 0 fully saturated rings. The number of aromatic nitrogens is 5. The first-order chi connectivity index (χ1) is 11.1. The van der Waals surface area contributed by atoms with Crippen molar-refractivity contribution in [2.24, 2.45) is 7.05 Å². The summed E-state index contributed by atoms with van der Waals surface area (Å²) in [5.74, 6) is -0.806. The summed E-state index contributed by atoms with van der Waals surface area (Å²) in [5.41, 5.74) is 2.89. The smallest absolute Gasteiger partial charge is 0.150 e. The van der Waals surface area contributed by atoms with E-state index < -0.39 is 5.82 Å². The molecule has 5 nitrogen and oxygen atoms in total. The zero-order valence-corrected chi connectivity index (χ0v) is 12.1. The van der Waals surface area contributed by atoms with Gasteiger partial charge >= 0.3 is 0 Å². The largest absolute Gasteiger partial charge is 0.343 e. The Morgan fingerprint density at radius 2 is 1.96 bits per heavy atom. The number of fused-ring (bicyclic) bond motifs is 1. The van der Waals surface area contributed by atoms with Crippen molar-refractivity contribution in [2.45, 2.75) is 0 Å². The Morgan fingerprint density at radius 1 is 1.09 bits per heavy atom. The van der Waals surface area contributed by atoms with Crippen molar-refractivity contribution in [1.82, 2.24) is 24.7 Å². The second-order valence-corrected chi connectivity index (χ2v) is 5.15. The van der Waals surface area contributed by atoms with E-state index >= 15 is 0 Å². The third kappa shape index (κ3) is 2.17. The predicted octanol–water partition coefficient (Wildman–Crippen LogP) is 3.30. The molecular weight excluding hydrogens is 300 g/mol. The van der Waals surface area contributed by atoms with Gasteiger partial charge in [0.25, 0.3) is 0 Å². The molecule has 0 aliphatic carbocycles. The maximum atomic E-state index is 14.1. The van der Waals surface area contributed by atoms with Crippen molar-refractivity contribution in [3.05, 3.63) is 54.6 Å². The van der Waals surface area contributed by atoms with Crippen LogP contribution in [0.1, 0.15) is 0 Å². The van der Waals surface area contributed by atoms with Crippen LogP contribution in [-0.4, -0.2) is 24.7 Å². The molecule has 0 amide bonds. The molecule has 0 atom stereocenters. The highest BCUT2D eigenvalue weighted by molar-refractivity contribution is 5.96. The van der Waals surface area contributed by atoms with Gasteiger partial charge in [-0.1, -0.05) is 0 Å². The molecule has 4 aromatic rings. The second-order valence-electron chi connectivity index (χ2n) is 5.15. The van der Waals surface area contributed by atoms with Crippen LogP contribution >= 0.6 is 0 Å². The molecule has 0 aromatic carbocycles. The van der Waals surface area contributed by atoms with Gasteiger partial charge in [-0.2, -0.15) is 5.10 Å². The molecule has 0 saturated carbocycles. The van der Waals surface area contributed by atoms with Gasteiger partial charge in [0.15, 0.2) is 5.82 Å². The molecule has 23 heavy (non-hydrogen) atoms. The minimum atomic E-state index is -0.422. The summed E-state index contributed by atoms with van der Waals surface area (Å²) < 4.78 is 28.8. The predicted molar refractivity (Wildman–Crippen MR) is 81.4 cm³/mol. The highest BCUT2D eigenvalue weighted by atomic mass is 19.1. The van der Waals surface area contributed by atoms with Gasteiger partial charge in [0, 0.05) is 36.8 Å². The van der Waals surface area contributed by atoms with Crippen molar-refractivity contribution >= 4 is 11.0 Å². The normalized spacial score (nSPS) is 11.3. The van der Waals surface area contributed by atoms with E-state index in [4.69, 9.17) is 0 Å². The zero-order valence-electron chi connectivity index (χ0n) is 12.1. The van der Waals surface area contributed by atoms with Crippen LogP contribution in [0.2, 0.25) is 0 Å². The van der Waals surface area contributed by atoms with Crippen molar-refractivity contribution in [1.29, 1.82) is 0 Å². The molecule has 0 aliphatic rings. The first-order valence-electron chi connectivity index (χ1n) is 6.91. The Hall–Kier alpha value is -3.09. The lowest BCUT2D eigenvalue weighted by molar-refractivity contribution is 0.621. The lowest BCUT2D eigenvalue weighted by Crippen LogP contribution is -1.91. The molecule has 4 heterocycles. The van der Waals surface area contributed by atoms with E-state index in [1.54, 1.807) is 36.3 Å². The monoisotopic (exact) mass is 311 g/mol. The van der Waals surface area contributed by atoms with E-state index in [2.05, 4.69) is 20.1 Å². The average Bonchev–Trinajstić information content (AvgIpc) is 3.12. The maximum Gasteiger partial charge on any atom is 0.150 e. The number of nitrogens with one attached hydrogen (secondary N) is 1. The fraction of sp³-hybridized carbons (Fsp3) is 0.0625. The summed E-state index contributed by atoms with van der Waals surface area (Å²) >= 11 is 0. The number of hydrogen-bond acceptors (Lipinski definition) is 3. The second kappa shape index (κ2) is 4.98. The summed E-state index contributed by atoms with van der Waals surface area (Å²) in [5, 5.41) is 4.78. The number of pyridine rings is 2. The van der Waals surface area contributed by atoms with Gasteiger partial charge in [-0.05, 0) is 18.2 Å². The topological polar surface area (TPSA) is 59.4 Å². The van der Waals surface area contributed by atoms with E-state index in [-0.39, 0.29) is 5.82 Å². The van der Waals surface area contributed by atoms with Crippen molar-refractivity contribution in [3.8, 4) is 22.5 Å². The van der Waals surface area contributed by atoms with Gasteiger partial charge in [0.05, 0.1) is 17.3 Å². The van der Waals surface area contributed by atoms with Gasteiger partial charge < -0.3 is 4.98 Å². The van der Waals surface area contributed by atoms with Gasteiger partial charge in [0.1, 0.15) is 17.2 Å². The third-order valence-corrected chi connectivity index (χ3v) is 3.61. The summed E-state index contributed by atoms with van der Waals surface area (Å²) in [7, 11) is 1.77. The van der Waals surface area contributed by atoms with Crippen LogP contribution < -0.4 is 0 Å². The van der Waals surface area contributed by atoms with Crippen molar-refractivity contribution in [3.63, 3.8) is 0 Å². The van der Waals surface area contributed by atoms with Crippen LogP contribution in [0.4, 0.5) is 8.78 Å². The SMILES string of the molecule is Cn1cc(-c2ccnc3[nH]cc(F)c23)c(-c2ccc(F)cn2)n1. The molecule has 1 N–H and O–H groups in total. The standard InChI is InChI=1S/C16H11F2N5/c1-23-8-11(15(22-23)13-3-2-9(17)6-20-13)10-4-5-19-16-14(10)12(18)7-21-16/h2-8H,1H3,(H,19,21). The van der Waals surface area contributed by atoms with Crippen LogP contribution in [0.5, 0.6) is 0 Å². The summed E-state index contributed by atoms with van der Waals surface area (Å²) in [6.07, 6.45) is 5.78. The molecule has 4 aromatic heterocycles. The molecule has 4 rings (SSSR count). The van der Waals surface area contributed by atoms with Crippen LogP contribution in [0, 0.1) is 11.6 Å². The highest BCUT2D eigenvalue weighted by Crippen LogP contribution is 2.34.